The molecule has 0 aromatic heterocycles. The largest absolute Gasteiger partial charge is 0.338 e. The molecule has 2 aromatic carbocycles. The van der Waals surface area contributed by atoms with E-state index < -0.39 is 10.0 Å². The van der Waals surface area contributed by atoms with Gasteiger partial charge in [-0.15, -0.1) is 0 Å². The highest BCUT2D eigenvalue weighted by molar-refractivity contribution is 7.93. The van der Waals surface area contributed by atoms with Crippen molar-refractivity contribution in [2.24, 2.45) is 17.8 Å². The van der Waals surface area contributed by atoms with Crippen LogP contribution in [0.2, 0.25) is 0 Å². The zero-order valence-corrected chi connectivity index (χ0v) is 16.6. The van der Waals surface area contributed by atoms with Crippen molar-refractivity contribution in [3.8, 4) is 0 Å². The third-order valence-electron chi connectivity index (χ3n) is 7.39. The molecular weight excluding hydrogens is 372 g/mol. The molecule has 7 rings (SSSR count). The molecule has 2 atom stereocenters. The Morgan fingerprint density at radius 2 is 1.61 bits per heavy atom. The van der Waals surface area contributed by atoms with Crippen LogP contribution >= 0.6 is 0 Å². The van der Waals surface area contributed by atoms with E-state index in [4.69, 9.17) is 0 Å². The molecule has 2 aliphatic carbocycles. The number of fused-ring (bicyclic) bond motifs is 1. The van der Waals surface area contributed by atoms with Crippen molar-refractivity contribution in [2.45, 2.75) is 43.0 Å². The van der Waals surface area contributed by atoms with Gasteiger partial charge >= 0.3 is 0 Å². The molecule has 0 radical (unpaired) electrons. The van der Waals surface area contributed by atoms with Gasteiger partial charge in [0.15, 0.2) is 0 Å². The molecule has 4 bridgehead atoms. The van der Waals surface area contributed by atoms with Gasteiger partial charge in [0, 0.05) is 18.0 Å². The van der Waals surface area contributed by atoms with Crippen LogP contribution in [-0.4, -0.2) is 38.4 Å². The van der Waals surface area contributed by atoms with Crippen molar-refractivity contribution in [1.82, 2.24) is 4.90 Å². The molecule has 0 spiro atoms. The Labute approximate surface area is 165 Å². The van der Waals surface area contributed by atoms with Gasteiger partial charge in [0.2, 0.25) is 5.91 Å². The number of benzene rings is 2. The molecule has 2 unspecified atom stereocenters. The molecule has 5 nitrogen and oxygen atoms in total. The lowest BCUT2D eigenvalue weighted by molar-refractivity contribution is -0.132. The van der Waals surface area contributed by atoms with E-state index in [9.17, 15) is 13.2 Å². The van der Waals surface area contributed by atoms with Crippen LogP contribution in [0.15, 0.2) is 41.3 Å². The maximum absolute atomic E-state index is 13.3. The smallest absolute Gasteiger partial charge is 0.265 e. The fourth-order valence-electron chi connectivity index (χ4n) is 6.43. The topological polar surface area (TPSA) is 57.7 Å². The molecule has 146 valence electrons. The number of hydrogen-bond donors (Lipinski definition) is 0. The molecule has 2 saturated heterocycles. The summed E-state index contributed by atoms with van der Waals surface area (Å²) in [6.45, 7) is 0.718. The number of rotatable bonds is 2. The van der Waals surface area contributed by atoms with Gasteiger partial charge in [-0.05, 0) is 67.4 Å². The molecule has 5 aliphatic rings. The molecule has 3 heterocycles. The van der Waals surface area contributed by atoms with Crippen LogP contribution in [0.3, 0.4) is 0 Å². The van der Waals surface area contributed by atoms with E-state index in [2.05, 4.69) is 0 Å². The summed E-state index contributed by atoms with van der Waals surface area (Å²) in [5, 5.41) is 1.65. The van der Waals surface area contributed by atoms with Crippen molar-refractivity contribution < 1.29 is 13.2 Å². The van der Waals surface area contributed by atoms with E-state index in [0.717, 1.165) is 42.0 Å². The first-order valence-electron chi connectivity index (χ1n) is 10.3. The van der Waals surface area contributed by atoms with Gasteiger partial charge in [-0.1, -0.05) is 24.3 Å². The quantitative estimate of drug-likeness (QED) is 0.782. The standard InChI is InChI=1S/C22H24N2O3S/c25-21(23-12-16-8-14-7-15(9-16)11-18(23)10-14)13-24-19-5-1-3-17-4-2-6-20(22(17)19)28(24,26)27/h1-6,14-16,18H,7-13H2. The van der Waals surface area contributed by atoms with Crippen molar-refractivity contribution in [2.75, 3.05) is 17.4 Å². The Balaban J connectivity index is 1.34. The average Bonchev–Trinajstić information content (AvgIpc) is 2.77. The number of amides is 1. The molecule has 2 saturated carbocycles. The minimum absolute atomic E-state index is 0.0356. The number of anilines is 1. The number of carbonyl (C=O) groups excluding carboxylic acids is 1. The van der Waals surface area contributed by atoms with E-state index in [1.54, 1.807) is 12.1 Å². The lowest BCUT2D eigenvalue weighted by Crippen LogP contribution is -2.47. The van der Waals surface area contributed by atoms with Crippen LogP contribution in [0, 0.1) is 17.8 Å². The van der Waals surface area contributed by atoms with Gasteiger partial charge in [0.25, 0.3) is 10.0 Å². The number of hydrogen-bond acceptors (Lipinski definition) is 3. The van der Waals surface area contributed by atoms with Crippen LogP contribution in [0.4, 0.5) is 5.69 Å². The van der Waals surface area contributed by atoms with Crippen molar-refractivity contribution >= 4 is 32.4 Å². The van der Waals surface area contributed by atoms with E-state index >= 15 is 0 Å². The summed E-state index contributed by atoms with van der Waals surface area (Å²) >= 11 is 0. The van der Waals surface area contributed by atoms with Crippen LogP contribution in [-0.2, 0) is 14.8 Å². The first-order valence-corrected chi connectivity index (χ1v) is 11.8. The van der Waals surface area contributed by atoms with Gasteiger partial charge in [-0.3, -0.25) is 9.10 Å². The summed E-state index contributed by atoms with van der Waals surface area (Å²) in [6, 6.07) is 11.3. The van der Waals surface area contributed by atoms with Gasteiger partial charge in [-0.25, -0.2) is 8.42 Å². The maximum Gasteiger partial charge on any atom is 0.265 e. The summed E-state index contributed by atoms with van der Waals surface area (Å²) in [7, 11) is -3.68. The van der Waals surface area contributed by atoms with Crippen molar-refractivity contribution in [3.05, 3.63) is 36.4 Å². The van der Waals surface area contributed by atoms with E-state index in [-0.39, 0.29) is 12.5 Å². The highest BCUT2D eigenvalue weighted by Gasteiger charge is 2.45. The summed E-state index contributed by atoms with van der Waals surface area (Å²) < 4.78 is 27.7. The third kappa shape index (κ3) is 2.30. The van der Waals surface area contributed by atoms with Gasteiger partial charge < -0.3 is 4.90 Å². The van der Waals surface area contributed by atoms with Gasteiger partial charge in [0.1, 0.15) is 6.54 Å². The lowest BCUT2D eigenvalue weighted by Gasteiger charge is -2.39. The zero-order chi connectivity index (χ0) is 19.0. The Bertz CT molecular complexity index is 1080. The average molecular weight is 397 g/mol. The minimum Gasteiger partial charge on any atom is -0.338 e. The summed E-state index contributed by atoms with van der Waals surface area (Å²) in [5.41, 5.74) is 0.641. The van der Waals surface area contributed by atoms with E-state index in [1.807, 2.05) is 29.2 Å². The Morgan fingerprint density at radius 3 is 2.36 bits per heavy atom. The van der Waals surface area contributed by atoms with E-state index in [0.29, 0.717) is 22.5 Å². The van der Waals surface area contributed by atoms with Gasteiger partial charge in [0.05, 0.1) is 10.6 Å². The summed E-state index contributed by atoms with van der Waals surface area (Å²) in [5.74, 6) is 2.07. The second kappa shape index (κ2) is 5.72. The maximum atomic E-state index is 13.3. The Kier molecular flexibility index (Phi) is 3.44. The molecule has 4 fully saturated rings. The van der Waals surface area contributed by atoms with Crippen LogP contribution in [0.5, 0.6) is 0 Å². The van der Waals surface area contributed by atoms with Crippen LogP contribution in [0.1, 0.15) is 32.1 Å². The minimum atomic E-state index is -3.68. The van der Waals surface area contributed by atoms with Crippen LogP contribution < -0.4 is 4.31 Å². The van der Waals surface area contributed by atoms with Crippen molar-refractivity contribution in [1.29, 1.82) is 0 Å². The third-order valence-corrected chi connectivity index (χ3v) is 9.19. The first-order chi connectivity index (χ1) is 13.5. The molecule has 2 aromatic rings. The zero-order valence-electron chi connectivity index (χ0n) is 15.8. The molecule has 3 aliphatic heterocycles. The molecule has 0 N–H and O–H groups in total. The first kappa shape index (κ1) is 16.8. The SMILES string of the molecule is O=C(CN1c2cccc3cccc(c23)S1(=O)=O)N1CC2CC3CC(C2)CC1C3. The highest BCUT2D eigenvalue weighted by atomic mass is 32.2. The molecule has 1 amide bonds. The second-order valence-electron chi connectivity index (χ2n) is 9.12. The second-order valence-corrected chi connectivity index (χ2v) is 11.0. The molecule has 6 heteroatoms. The van der Waals surface area contributed by atoms with E-state index in [1.165, 1.54) is 23.6 Å². The number of sulfonamides is 1. The van der Waals surface area contributed by atoms with Crippen LogP contribution in [0.25, 0.3) is 10.8 Å². The van der Waals surface area contributed by atoms with Gasteiger partial charge in [-0.2, -0.15) is 0 Å². The predicted molar refractivity (Wildman–Crippen MR) is 108 cm³/mol. The fraction of sp³-hybridized carbons (Fsp3) is 0.500. The number of carbonyl (C=O) groups is 1. The molecule has 28 heavy (non-hydrogen) atoms. The highest BCUT2D eigenvalue weighted by Crippen LogP contribution is 2.48. The predicted octanol–water partition coefficient (Wildman–Crippen LogP) is 3.39. The Hall–Kier alpha value is -2.08. The fourth-order valence-corrected chi connectivity index (χ4v) is 8.09. The normalized spacial score (nSPS) is 32.1. The monoisotopic (exact) mass is 396 g/mol. The molecular formula is C22H24N2O3S. The number of nitrogens with zero attached hydrogens (tertiary/aromatic N) is 2. The van der Waals surface area contributed by atoms with Crippen molar-refractivity contribution in [3.63, 3.8) is 0 Å². The Morgan fingerprint density at radius 1 is 0.929 bits per heavy atom. The summed E-state index contributed by atoms with van der Waals surface area (Å²) in [4.78, 5) is 15.7. The lowest BCUT2D eigenvalue weighted by atomic mass is 9.68. The summed E-state index contributed by atoms with van der Waals surface area (Å²) in [6.07, 6.45) is 6.00.